The lowest BCUT2D eigenvalue weighted by molar-refractivity contribution is -0.138. The van der Waals surface area contributed by atoms with E-state index in [1.807, 2.05) is 6.92 Å². The van der Waals surface area contributed by atoms with Crippen molar-refractivity contribution in [1.29, 1.82) is 0 Å². The monoisotopic (exact) mass is 295 g/mol. The zero-order valence-corrected chi connectivity index (χ0v) is 11.6. The molecule has 0 aliphatic rings. The molecule has 1 aromatic carbocycles. The fourth-order valence-corrected chi connectivity index (χ4v) is 1.85. The third-order valence-corrected chi connectivity index (χ3v) is 2.70. The van der Waals surface area contributed by atoms with Gasteiger partial charge in [0, 0.05) is 17.1 Å². The number of hydrogen-bond donors (Lipinski definition) is 1. The van der Waals surface area contributed by atoms with Crippen LogP contribution < -0.4 is 0 Å². The lowest BCUT2D eigenvalue weighted by Gasteiger charge is -2.20. The first-order valence-electron chi connectivity index (χ1n) is 5.41. The van der Waals surface area contributed by atoms with Crippen LogP contribution in [0.15, 0.2) is 18.2 Å². The normalized spacial score (nSPS) is 10.2. The third-order valence-electron chi connectivity index (χ3n) is 2.34. The summed E-state index contributed by atoms with van der Waals surface area (Å²) in [5.74, 6) is -1.32. The van der Waals surface area contributed by atoms with Gasteiger partial charge in [-0.2, -0.15) is 0 Å². The van der Waals surface area contributed by atoms with Crippen LogP contribution >= 0.6 is 24.0 Å². The maximum atomic E-state index is 13.5. The zero-order valence-electron chi connectivity index (χ0n) is 10.0. The molecule has 3 nitrogen and oxygen atoms in total. The summed E-state index contributed by atoms with van der Waals surface area (Å²) in [6.07, 6.45) is 0.805. The molecule has 0 saturated heterocycles. The zero-order chi connectivity index (χ0) is 12.8. The van der Waals surface area contributed by atoms with Crippen molar-refractivity contribution in [1.82, 2.24) is 4.90 Å². The molecule has 0 unspecified atom stereocenters. The Kier molecular flexibility index (Phi) is 7.91. The van der Waals surface area contributed by atoms with Gasteiger partial charge in [-0.05, 0) is 25.1 Å². The number of benzene rings is 1. The Bertz CT molecular complexity index is 381. The van der Waals surface area contributed by atoms with Gasteiger partial charge in [0.1, 0.15) is 5.82 Å². The van der Waals surface area contributed by atoms with Gasteiger partial charge in [-0.1, -0.05) is 24.6 Å². The number of carboxylic acid groups (broad SMARTS) is 1. The predicted octanol–water partition coefficient (Wildman–Crippen LogP) is 3.20. The van der Waals surface area contributed by atoms with E-state index in [1.165, 1.54) is 12.1 Å². The second-order valence-electron chi connectivity index (χ2n) is 3.80. The summed E-state index contributed by atoms with van der Waals surface area (Å²) in [6.45, 7) is 2.64. The molecule has 0 aliphatic heterocycles. The van der Waals surface area contributed by atoms with Crippen LogP contribution in [0.3, 0.4) is 0 Å². The Morgan fingerprint density at radius 3 is 2.67 bits per heavy atom. The molecular weight excluding hydrogens is 280 g/mol. The summed E-state index contributed by atoms with van der Waals surface area (Å²) in [6, 6.07) is 4.46. The van der Waals surface area contributed by atoms with E-state index < -0.39 is 11.8 Å². The molecule has 0 amide bonds. The molecule has 1 aromatic rings. The van der Waals surface area contributed by atoms with E-state index in [9.17, 15) is 9.18 Å². The number of hydrogen-bond acceptors (Lipinski definition) is 2. The highest BCUT2D eigenvalue weighted by Crippen LogP contribution is 2.20. The molecule has 1 rings (SSSR count). The highest BCUT2D eigenvalue weighted by Gasteiger charge is 2.14. The highest BCUT2D eigenvalue weighted by molar-refractivity contribution is 6.31. The lowest BCUT2D eigenvalue weighted by atomic mass is 10.2. The topological polar surface area (TPSA) is 40.5 Å². The standard InChI is InChI=1S/C12H15ClFNO2.ClH/c1-2-6-15(8-12(16)17)7-9-10(13)4-3-5-11(9)14;/h3-5H,2,6-8H2,1H3,(H,16,17);1H. The Hall–Kier alpha value is -0.840. The Labute approximate surface area is 117 Å². The fraction of sp³-hybridized carbons (Fsp3) is 0.417. The largest absolute Gasteiger partial charge is 0.480 e. The number of nitrogens with zero attached hydrogens (tertiary/aromatic N) is 1. The van der Waals surface area contributed by atoms with Crippen LogP contribution in [0.4, 0.5) is 4.39 Å². The molecule has 0 radical (unpaired) electrons. The van der Waals surface area contributed by atoms with Crippen LogP contribution in [0, 0.1) is 5.82 Å². The van der Waals surface area contributed by atoms with Crippen LogP contribution in [0.25, 0.3) is 0 Å². The van der Waals surface area contributed by atoms with E-state index in [-0.39, 0.29) is 25.5 Å². The summed E-state index contributed by atoms with van der Waals surface area (Å²) >= 11 is 5.90. The molecular formula is C12H16Cl2FNO2. The summed E-state index contributed by atoms with van der Waals surface area (Å²) < 4.78 is 13.5. The quantitative estimate of drug-likeness (QED) is 0.876. The first kappa shape index (κ1) is 17.2. The fourth-order valence-electron chi connectivity index (χ4n) is 1.63. The van der Waals surface area contributed by atoms with Gasteiger partial charge in [0.2, 0.25) is 0 Å². The highest BCUT2D eigenvalue weighted by atomic mass is 35.5. The number of carbonyl (C=O) groups is 1. The molecule has 1 N–H and O–H groups in total. The van der Waals surface area contributed by atoms with Gasteiger partial charge in [-0.3, -0.25) is 9.69 Å². The third kappa shape index (κ3) is 5.21. The van der Waals surface area contributed by atoms with Gasteiger partial charge in [0.05, 0.1) is 6.54 Å². The Morgan fingerprint density at radius 2 is 2.17 bits per heavy atom. The van der Waals surface area contributed by atoms with Gasteiger partial charge >= 0.3 is 5.97 Å². The van der Waals surface area contributed by atoms with Gasteiger partial charge in [-0.25, -0.2) is 4.39 Å². The minimum atomic E-state index is -0.925. The van der Waals surface area contributed by atoms with Crippen LogP contribution in [-0.2, 0) is 11.3 Å². The maximum Gasteiger partial charge on any atom is 0.317 e. The molecule has 0 fully saturated rings. The van der Waals surface area contributed by atoms with Crippen LogP contribution in [0.5, 0.6) is 0 Å². The average Bonchev–Trinajstić information content (AvgIpc) is 2.23. The van der Waals surface area contributed by atoms with Crippen LogP contribution in [0.2, 0.25) is 5.02 Å². The van der Waals surface area contributed by atoms with E-state index >= 15 is 0 Å². The summed E-state index contributed by atoms with van der Waals surface area (Å²) in [4.78, 5) is 12.3. The lowest BCUT2D eigenvalue weighted by Crippen LogP contribution is -2.30. The van der Waals surface area contributed by atoms with Crippen molar-refractivity contribution in [2.75, 3.05) is 13.1 Å². The van der Waals surface area contributed by atoms with E-state index in [0.717, 1.165) is 6.42 Å². The molecule has 18 heavy (non-hydrogen) atoms. The molecule has 0 bridgehead atoms. The van der Waals surface area contributed by atoms with Crippen molar-refractivity contribution in [3.63, 3.8) is 0 Å². The molecule has 0 aromatic heterocycles. The van der Waals surface area contributed by atoms with E-state index in [1.54, 1.807) is 11.0 Å². The van der Waals surface area contributed by atoms with Crippen molar-refractivity contribution in [2.24, 2.45) is 0 Å². The van der Waals surface area contributed by atoms with Gasteiger partial charge in [0.15, 0.2) is 0 Å². The first-order valence-corrected chi connectivity index (χ1v) is 5.79. The van der Waals surface area contributed by atoms with Gasteiger partial charge in [-0.15, -0.1) is 12.4 Å². The number of rotatable bonds is 6. The van der Waals surface area contributed by atoms with E-state index in [4.69, 9.17) is 16.7 Å². The predicted molar refractivity (Wildman–Crippen MR) is 71.9 cm³/mol. The second-order valence-corrected chi connectivity index (χ2v) is 4.21. The average molecular weight is 296 g/mol. The summed E-state index contributed by atoms with van der Waals surface area (Å²) in [7, 11) is 0. The number of halogens is 3. The minimum absolute atomic E-state index is 0. The number of carboxylic acids is 1. The molecule has 0 atom stereocenters. The van der Waals surface area contributed by atoms with Gasteiger partial charge in [0.25, 0.3) is 0 Å². The number of aliphatic carboxylic acids is 1. The minimum Gasteiger partial charge on any atom is -0.480 e. The SMILES string of the molecule is CCCN(CC(=O)O)Cc1c(F)cccc1Cl.Cl. The van der Waals surface area contributed by atoms with E-state index in [0.29, 0.717) is 17.1 Å². The van der Waals surface area contributed by atoms with Crippen molar-refractivity contribution in [3.8, 4) is 0 Å². The molecule has 0 aliphatic carbocycles. The smallest absolute Gasteiger partial charge is 0.317 e. The first-order chi connectivity index (χ1) is 8.04. The van der Waals surface area contributed by atoms with Crippen LogP contribution in [-0.4, -0.2) is 29.1 Å². The summed E-state index contributed by atoms with van der Waals surface area (Å²) in [5.41, 5.74) is 0.351. The molecule has 6 heteroatoms. The Morgan fingerprint density at radius 1 is 1.50 bits per heavy atom. The Balaban J connectivity index is 0.00000289. The van der Waals surface area contributed by atoms with Crippen molar-refractivity contribution in [2.45, 2.75) is 19.9 Å². The molecule has 102 valence electrons. The van der Waals surface area contributed by atoms with Crippen molar-refractivity contribution >= 4 is 30.0 Å². The van der Waals surface area contributed by atoms with Crippen LogP contribution in [0.1, 0.15) is 18.9 Å². The second kappa shape index (κ2) is 8.29. The van der Waals surface area contributed by atoms with Crippen molar-refractivity contribution < 1.29 is 14.3 Å². The summed E-state index contributed by atoms with van der Waals surface area (Å²) in [5, 5.41) is 9.09. The molecule has 0 saturated carbocycles. The van der Waals surface area contributed by atoms with Gasteiger partial charge < -0.3 is 5.11 Å². The molecule has 0 spiro atoms. The maximum absolute atomic E-state index is 13.5. The van der Waals surface area contributed by atoms with E-state index in [2.05, 4.69) is 0 Å². The van der Waals surface area contributed by atoms with Crippen molar-refractivity contribution in [3.05, 3.63) is 34.6 Å². The molecule has 0 heterocycles.